The van der Waals surface area contributed by atoms with Crippen LogP contribution in [-0.2, 0) is 0 Å². The minimum absolute atomic E-state index is 0.405. The third kappa shape index (κ3) is 3.42. The number of hydrogen-bond acceptors (Lipinski definition) is 2. The van der Waals surface area contributed by atoms with Crippen molar-refractivity contribution < 1.29 is 0 Å². The molecule has 0 fully saturated rings. The first-order valence-electron chi connectivity index (χ1n) is 13.5. The van der Waals surface area contributed by atoms with E-state index in [4.69, 9.17) is 0 Å². The highest BCUT2D eigenvalue weighted by molar-refractivity contribution is 6.29. The Morgan fingerprint density at radius 3 is 1.54 bits per heavy atom. The van der Waals surface area contributed by atoms with Crippen molar-refractivity contribution in [3.05, 3.63) is 161 Å². The highest BCUT2D eigenvalue weighted by Crippen LogP contribution is 2.38. The van der Waals surface area contributed by atoms with Gasteiger partial charge in [-0.25, -0.2) is 18.7 Å². The molecule has 0 amide bonds. The fraction of sp³-hybridized carbons (Fsp3) is 0. The van der Waals surface area contributed by atoms with Crippen LogP contribution in [0.1, 0.15) is 0 Å². The van der Waals surface area contributed by atoms with Crippen LogP contribution in [0.15, 0.2) is 149 Å². The van der Waals surface area contributed by atoms with Gasteiger partial charge in [-0.15, -0.1) is 0 Å². The van der Waals surface area contributed by atoms with E-state index in [2.05, 4.69) is 36.4 Å². The summed E-state index contributed by atoms with van der Waals surface area (Å²) in [5, 5.41) is 6.02. The van der Waals surface area contributed by atoms with Gasteiger partial charge >= 0.3 is 11.4 Å². The number of nitrogens with zero attached hydrogens (tertiary/aromatic N) is 3. The third-order valence-electron chi connectivity index (χ3n) is 7.92. The van der Waals surface area contributed by atoms with Crippen molar-refractivity contribution in [2.75, 3.05) is 0 Å². The third-order valence-corrected chi connectivity index (χ3v) is 7.92. The molecule has 194 valence electrons. The predicted octanol–water partition coefficient (Wildman–Crippen LogP) is 7.37. The SMILES string of the molecule is O=c1n(-c2ccccc2)c(=O)n2cc3c4ccccc4c4ccccc4c3c2n1-c1ccc(-c2ccccc2)cc1. The lowest BCUT2D eigenvalue weighted by Crippen LogP contribution is -2.41. The molecule has 8 rings (SSSR count). The van der Waals surface area contributed by atoms with Crippen molar-refractivity contribution in [1.29, 1.82) is 0 Å². The molecule has 2 heterocycles. The predicted molar refractivity (Wildman–Crippen MR) is 167 cm³/mol. The second kappa shape index (κ2) is 8.93. The van der Waals surface area contributed by atoms with Crippen molar-refractivity contribution in [1.82, 2.24) is 13.5 Å². The molecule has 0 spiro atoms. The monoisotopic (exact) mass is 529 g/mol. The smallest absolute Gasteiger partial charge is 0.252 e. The van der Waals surface area contributed by atoms with Crippen LogP contribution in [-0.4, -0.2) is 13.5 Å². The number of para-hydroxylation sites is 1. The van der Waals surface area contributed by atoms with Gasteiger partial charge in [-0.3, -0.25) is 4.40 Å². The van der Waals surface area contributed by atoms with E-state index in [-0.39, 0.29) is 0 Å². The number of benzene rings is 6. The average Bonchev–Trinajstić information content (AvgIpc) is 3.44. The van der Waals surface area contributed by atoms with E-state index in [0.29, 0.717) is 17.0 Å². The van der Waals surface area contributed by atoms with Crippen LogP contribution in [0.2, 0.25) is 0 Å². The largest absolute Gasteiger partial charge is 0.343 e. The summed E-state index contributed by atoms with van der Waals surface area (Å²) in [4.78, 5) is 28.5. The van der Waals surface area contributed by atoms with E-state index in [9.17, 15) is 9.59 Å². The molecule has 6 aromatic carbocycles. The molecule has 0 aliphatic carbocycles. The second-order valence-corrected chi connectivity index (χ2v) is 10.2. The summed E-state index contributed by atoms with van der Waals surface area (Å²) >= 11 is 0. The van der Waals surface area contributed by atoms with Crippen LogP contribution < -0.4 is 11.4 Å². The Bertz CT molecular complexity index is 2380. The quantitative estimate of drug-likeness (QED) is 0.224. The maximum absolute atomic E-state index is 14.4. The lowest BCUT2D eigenvalue weighted by Gasteiger charge is -2.15. The molecule has 0 saturated heterocycles. The maximum atomic E-state index is 14.4. The molecule has 41 heavy (non-hydrogen) atoms. The minimum atomic E-state index is -0.418. The van der Waals surface area contributed by atoms with Gasteiger partial charge in [-0.2, -0.15) is 0 Å². The summed E-state index contributed by atoms with van der Waals surface area (Å²) in [5.74, 6) is 0. The van der Waals surface area contributed by atoms with Crippen LogP contribution in [0.5, 0.6) is 0 Å². The molecule has 8 aromatic rings. The normalized spacial score (nSPS) is 11.6. The summed E-state index contributed by atoms with van der Waals surface area (Å²) in [7, 11) is 0. The van der Waals surface area contributed by atoms with Gasteiger partial charge in [0, 0.05) is 17.0 Å². The van der Waals surface area contributed by atoms with Gasteiger partial charge in [0.2, 0.25) is 0 Å². The fourth-order valence-corrected chi connectivity index (χ4v) is 6.06. The first-order chi connectivity index (χ1) is 20.2. The Morgan fingerprint density at radius 1 is 0.390 bits per heavy atom. The Morgan fingerprint density at radius 2 is 0.878 bits per heavy atom. The molecule has 2 aromatic heterocycles. The minimum Gasteiger partial charge on any atom is -0.252 e. The van der Waals surface area contributed by atoms with E-state index < -0.39 is 11.4 Å². The van der Waals surface area contributed by atoms with E-state index in [0.717, 1.165) is 43.4 Å². The van der Waals surface area contributed by atoms with Crippen molar-refractivity contribution in [2.24, 2.45) is 0 Å². The zero-order chi connectivity index (χ0) is 27.5. The second-order valence-electron chi connectivity index (χ2n) is 10.2. The Labute approximate surface area is 234 Å². The van der Waals surface area contributed by atoms with E-state index in [1.807, 2.05) is 91.1 Å². The number of hydrogen-bond donors (Lipinski definition) is 0. The summed E-state index contributed by atoms with van der Waals surface area (Å²) in [5.41, 5.74) is 3.07. The van der Waals surface area contributed by atoms with Crippen LogP contribution in [0, 0.1) is 0 Å². The molecule has 0 atom stereocenters. The first-order valence-corrected chi connectivity index (χ1v) is 13.5. The van der Waals surface area contributed by atoms with Gasteiger partial charge < -0.3 is 0 Å². The molecular formula is C36H23N3O2. The topological polar surface area (TPSA) is 48.4 Å². The van der Waals surface area contributed by atoms with E-state index in [1.54, 1.807) is 21.1 Å². The fourth-order valence-electron chi connectivity index (χ4n) is 6.06. The van der Waals surface area contributed by atoms with Crippen LogP contribution in [0.25, 0.3) is 60.5 Å². The molecule has 0 radical (unpaired) electrons. The van der Waals surface area contributed by atoms with Crippen molar-refractivity contribution in [3.8, 4) is 22.5 Å². The van der Waals surface area contributed by atoms with E-state index in [1.165, 1.54) is 4.57 Å². The van der Waals surface area contributed by atoms with Gasteiger partial charge in [-0.1, -0.05) is 109 Å². The van der Waals surface area contributed by atoms with Gasteiger partial charge in [0.05, 0.1) is 11.4 Å². The zero-order valence-electron chi connectivity index (χ0n) is 21.9. The molecule has 0 aliphatic rings. The van der Waals surface area contributed by atoms with Gasteiger partial charge in [0.15, 0.2) is 0 Å². The lowest BCUT2D eigenvalue weighted by atomic mass is 9.97. The number of rotatable bonds is 3. The molecular weight excluding hydrogens is 506 g/mol. The first kappa shape index (κ1) is 23.2. The van der Waals surface area contributed by atoms with Gasteiger partial charge in [-0.05, 0) is 56.9 Å². The average molecular weight is 530 g/mol. The zero-order valence-corrected chi connectivity index (χ0v) is 21.9. The molecule has 5 nitrogen and oxygen atoms in total. The number of aromatic nitrogens is 3. The maximum Gasteiger partial charge on any atom is 0.343 e. The highest BCUT2D eigenvalue weighted by Gasteiger charge is 2.22. The molecule has 0 unspecified atom stereocenters. The van der Waals surface area contributed by atoms with Crippen LogP contribution in [0.3, 0.4) is 0 Å². The molecule has 0 saturated carbocycles. The van der Waals surface area contributed by atoms with Crippen molar-refractivity contribution in [3.63, 3.8) is 0 Å². The van der Waals surface area contributed by atoms with Crippen molar-refractivity contribution >= 4 is 38.0 Å². The molecule has 0 N–H and O–H groups in total. The van der Waals surface area contributed by atoms with E-state index >= 15 is 0 Å². The molecule has 0 bridgehead atoms. The standard InChI is InChI=1S/C36H23N3O2/c40-35-37-23-32-30-17-8-7-15-28(30)29-16-9-10-18-31(29)33(32)34(37)38(36(41)39(35)26-13-5-2-6-14-26)27-21-19-25(20-22-27)24-11-3-1-4-12-24/h1-23H. The van der Waals surface area contributed by atoms with Crippen LogP contribution in [0.4, 0.5) is 0 Å². The Kier molecular flexibility index (Phi) is 5.06. The Balaban J connectivity index is 1.56. The van der Waals surface area contributed by atoms with Crippen LogP contribution >= 0.6 is 0 Å². The highest BCUT2D eigenvalue weighted by atomic mass is 16.2. The Hall–Kier alpha value is -5.68. The number of fused-ring (bicyclic) bond motifs is 8. The summed E-state index contributed by atoms with van der Waals surface area (Å²) in [6, 6.07) is 43.6. The molecule has 5 heteroatoms. The summed E-state index contributed by atoms with van der Waals surface area (Å²) in [6.45, 7) is 0. The van der Waals surface area contributed by atoms with Gasteiger partial charge in [0.1, 0.15) is 5.65 Å². The summed E-state index contributed by atoms with van der Waals surface area (Å²) in [6.07, 6.45) is 1.88. The van der Waals surface area contributed by atoms with Gasteiger partial charge in [0.25, 0.3) is 0 Å². The van der Waals surface area contributed by atoms with Crippen molar-refractivity contribution in [2.45, 2.75) is 0 Å². The molecule has 0 aliphatic heterocycles. The summed E-state index contributed by atoms with van der Waals surface area (Å²) < 4.78 is 4.55. The lowest BCUT2D eigenvalue weighted by molar-refractivity contribution is 0.753.